The Balaban J connectivity index is 1.85. The molecule has 1 nitrogen and oxygen atoms in total. The SMILES string of the molecule is O=C1c2ccccc2-c2cccc(Cc3ccccc3Cl)c21. The number of carbonyl (C=O) groups excluding carboxylic acids is 1. The molecule has 0 radical (unpaired) electrons. The largest absolute Gasteiger partial charge is 0.289 e. The quantitative estimate of drug-likeness (QED) is 0.501. The third-order valence-corrected chi connectivity index (χ3v) is 4.55. The van der Waals surface area contributed by atoms with Gasteiger partial charge in [0.1, 0.15) is 0 Å². The third-order valence-electron chi connectivity index (χ3n) is 4.18. The average Bonchev–Trinajstić information content (AvgIpc) is 2.84. The first-order valence-corrected chi connectivity index (χ1v) is 7.63. The van der Waals surface area contributed by atoms with Gasteiger partial charge in [-0.05, 0) is 34.7 Å². The van der Waals surface area contributed by atoms with Crippen molar-refractivity contribution < 1.29 is 4.79 Å². The van der Waals surface area contributed by atoms with Crippen LogP contribution in [0, 0.1) is 0 Å². The molecule has 22 heavy (non-hydrogen) atoms. The van der Waals surface area contributed by atoms with Crippen LogP contribution >= 0.6 is 11.6 Å². The molecule has 4 rings (SSSR count). The fourth-order valence-corrected chi connectivity index (χ4v) is 3.34. The minimum atomic E-state index is 0.119. The second kappa shape index (κ2) is 5.11. The molecule has 2 heteroatoms. The van der Waals surface area contributed by atoms with E-state index in [9.17, 15) is 4.79 Å². The Labute approximate surface area is 134 Å². The second-order valence-corrected chi connectivity index (χ2v) is 5.89. The molecule has 0 N–H and O–H groups in total. The first-order valence-electron chi connectivity index (χ1n) is 7.25. The highest BCUT2D eigenvalue weighted by atomic mass is 35.5. The van der Waals surface area contributed by atoms with Crippen molar-refractivity contribution in [2.75, 3.05) is 0 Å². The number of hydrogen-bond acceptors (Lipinski definition) is 1. The van der Waals surface area contributed by atoms with Crippen molar-refractivity contribution in [2.45, 2.75) is 6.42 Å². The fraction of sp³-hybridized carbons (Fsp3) is 0.0500. The molecular formula is C20H13ClO. The summed E-state index contributed by atoms with van der Waals surface area (Å²) in [6.45, 7) is 0. The van der Waals surface area contributed by atoms with Crippen molar-refractivity contribution in [1.29, 1.82) is 0 Å². The first-order chi connectivity index (χ1) is 10.8. The van der Waals surface area contributed by atoms with Gasteiger partial charge in [0.15, 0.2) is 5.78 Å². The smallest absolute Gasteiger partial charge is 0.194 e. The molecule has 0 atom stereocenters. The van der Waals surface area contributed by atoms with E-state index >= 15 is 0 Å². The Morgan fingerprint density at radius 1 is 0.682 bits per heavy atom. The summed E-state index contributed by atoms with van der Waals surface area (Å²) >= 11 is 6.27. The van der Waals surface area contributed by atoms with Crippen LogP contribution in [0.4, 0.5) is 0 Å². The maximum absolute atomic E-state index is 12.8. The maximum Gasteiger partial charge on any atom is 0.194 e. The van der Waals surface area contributed by atoms with Crippen LogP contribution in [-0.2, 0) is 6.42 Å². The minimum Gasteiger partial charge on any atom is -0.289 e. The summed E-state index contributed by atoms with van der Waals surface area (Å²) in [6.07, 6.45) is 0.669. The molecule has 0 spiro atoms. The molecule has 0 aromatic heterocycles. The predicted octanol–water partition coefficient (Wildman–Crippen LogP) is 5.14. The van der Waals surface area contributed by atoms with Gasteiger partial charge < -0.3 is 0 Å². The van der Waals surface area contributed by atoms with E-state index in [2.05, 4.69) is 0 Å². The molecule has 0 bridgehead atoms. The predicted molar refractivity (Wildman–Crippen MR) is 89.6 cm³/mol. The Bertz CT molecular complexity index is 896. The number of hydrogen-bond donors (Lipinski definition) is 0. The summed E-state index contributed by atoms with van der Waals surface area (Å²) in [5.74, 6) is 0.119. The van der Waals surface area contributed by atoms with Crippen molar-refractivity contribution in [2.24, 2.45) is 0 Å². The zero-order valence-corrected chi connectivity index (χ0v) is 12.6. The third kappa shape index (κ3) is 1.98. The van der Waals surface area contributed by atoms with Gasteiger partial charge in [0.2, 0.25) is 0 Å². The Kier molecular flexibility index (Phi) is 3.09. The molecule has 106 valence electrons. The molecule has 0 heterocycles. The summed E-state index contributed by atoms with van der Waals surface area (Å²) in [5, 5.41) is 0.739. The summed E-state index contributed by atoms with van der Waals surface area (Å²) < 4.78 is 0. The molecule has 0 amide bonds. The number of carbonyl (C=O) groups is 1. The van der Waals surface area contributed by atoms with E-state index in [0.717, 1.165) is 38.4 Å². The van der Waals surface area contributed by atoms with Gasteiger partial charge >= 0.3 is 0 Å². The molecule has 0 saturated heterocycles. The zero-order valence-electron chi connectivity index (χ0n) is 11.8. The summed E-state index contributed by atoms with van der Waals surface area (Å²) in [5.41, 5.74) is 5.76. The van der Waals surface area contributed by atoms with E-state index in [1.807, 2.05) is 66.7 Å². The van der Waals surface area contributed by atoms with Crippen LogP contribution in [-0.4, -0.2) is 5.78 Å². The summed E-state index contributed by atoms with van der Waals surface area (Å²) in [6, 6.07) is 21.6. The number of fused-ring (bicyclic) bond motifs is 3. The number of benzene rings is 3. The highest BCUT2D eigenvalue weighted by Crippen LogP contribution is 2.38. The van der Waals surface area contributed by atoms with E-state index in [4.69, 9.17) is 11.6 Å². The summed E-state index contributed by atoms with van der Waals surface area (Å²) in [7, 11) is 0. The second-order valence-electron chi connectivity index (χ2n) is 5.48. The van der Waals surface area contributed by atoms with Gasteiger partial charge in [0, 0.05) is 16.1 Å². The van der Waals surface area contributed by atoms with E-state index in [1.165, 1.54) is 0 Å². The van der Waals surface area contributed by atoms with Crippen molar-refractivity contribution in [3.05, 3.63) is 94.0 Å². The molecule has 0 fully saturated rings. The molecule has 1 aliphatic carbocycles. The lowest BCUT2D eigenvalue weighted by Crippen LogP contribution is -2.02. The number of rotatable bonds is 2. The first kappa shape index (κ1) is 13.3. The highest BCUT2D eigenvalue weighted by Gasteiger charge is 2.28. The minimum absolute atomic E-state index is 0.119. The van der Waals surface area contributed by atoms with Crippen LogP contribution in [0.2, 0.25) is 5.02 Å². The van der Waals surface area contributed by atoms with E-state index in [0.29, 0.717) is 6.42 Å². The van der Waals surface area contributed by atoms with E-state index in [1.54, 1.807) is 0 Å². The average molecular weight is 305 g/mol. The monoisotopic (exact) mass is 304 g/mol. The maximum atomic E-state index is 12.8. The van der Waals surface area contributed by atoms with Gasteiger partial charge in [-0.1, -0.05) is 72.3 Å². The number of halogens is 1. The van der Waals surface area contributed by atoms with Crippen molar-refractivity contribution in [3.8, 4) is 11.1 Å². The Hall–Kier alpha value is -2.38. The van der Waals surface area contributed by atoms with Crippen LogP contribution in [0.1, 0.15) is 27.0 Å². The zero-order chi connectivity index (χ0) is 15.1. The molecule has 3 aromatic rings. The van der Waals surface area contributed by atoms with Crippen molar-refractivity contribution >= 4 is 17.4 Å². The van der Waals surface area contributed by atoms with Gasteiger partial charge in [-0.3, -0.25) is 4.79 Å². The van der Waals surface area contributed by atoms with Crippen LogP contribution in [0.3, 0.4) is 0 Å². The summed E-state index contributed by atoms with van der Waals surface area (Å²) in [4.78, 5) is 12.8. The van der Waals surface area contributed by atoms with Crippen LogP contribution in [0.15, 0.2) is 66.7 Å². The molecular weight excluding hydrogens is 292 g/mol. The fourth-order valence-electron chi connectivity index (χ4n) is 3.14. The lowest BCUT2D eigenvalue weighted by Gasteiger charge is -2.09. The molecule has 0 aliphatic heterocycles. The standard InChI is InChI=1S/C20H13ClO/c21-18-11-4-1-6-13(18)12-14-7-5-10-16-15-8-2-3-9-17(15)20(22)19(14)16/h1-11H,12H2. The Morgan fingerprint density at radius 2 is 1.32 bits per heavy atom. The molecule has 1 aliphatic rings. The van der Waals surface area contributed by atoms with E-state index in [-0.39, 0.29) is 5.78 Å². The lowest BCUT2D eigenvalue weighted by atomic mass is 9.95. The van der Waals surface area contributed by atoms with Gasteiger partial charge in [0.25, 0.3) is 0 Å². The van der Waals surface area contributed by atoms with Gasteiger partial charge in [-0.2, -0.15) is 0 Å². The van der Waals surface area contributed by atoms with Gasteiger partial charge in [0.05, 0.1) is 0 Å². The molecule has 3 aromatic carbocycles. The van der Waals surface area contributed by atoms with Gasteiger partial charge in [-0.15, -0.1) is 0 Å². The van der Waals surface area contributed by atoms with Gasteiger partial charge in [-0.25, -0.2) is 0 Å². The van der Waals surface area contributed by atoms with Crippen molar-refractivity contribution in [3.63, 3.8) is 0 Å². The van der Waals surface area contributed by atoms with Crippen molar-refractivity contribution in [1.82, 2.24) is 0 Å². The normalized spacial score (nSPS) is 12.1. The molecule has 0 unspecified atom stereocenters. The highest BCUT2D eigenvalue weighted by molar-refractivity contribution is 6.31. The Morgan fingerprint density at radius 3 is 2.14 bits per heavy atom. The van der Waals surface area contributed by atoms with E-state index < -0.39 is 0 Å². The van der Waals surface area contributed by atoms with Crippen LogP contribution in [0.5, 0.6) is 0 Å². The topological polar surface area (TPSA) is 17.1 Å². The number of ketones is 1. The lowest BCUT2D eigenvalue weighted by molar-refractivity contribution is 0.104. The van der Waals surface area contributed by atoms with Crippen LogP contribution in [0.25, 0.3) is 11.1 Å². The molecule has 0 saturated carbocycles. The van der Waals surface area contributed by atoms with Crippen LogP contribution < -0.4 is 0 Å².